The van der Waals surface area contributed by atoms with Gasteiger partial charge in [0.15, 0.2) is 5.82 Å². The molecule has 5 nitrogen and oxygen atoms in total. The fraction of sp³-hybridized carbons (Fsp3) is 0.143. The Morgan fingerprint density at radius 3 is 2.42 bits per heavy atom. The van der Waals surface area contributed by atoms with Gasteiger partial charge in [-0.25, -0.2) is 9.78 Å². The molecule has 0 saturated heterocycles. The van der Waals surface area contributed by atoms with E-state index >= 15 is 0 Å². The van der Waals surface area contributed by atoms with Crippen LogP contribution in [-0.2, 0) is 6.18 Å². The highest BCUT2D eigenvalue weighted by Crippen LogP contribution is 2.34. The third-order valence-electron chi connectivity index (χ3n) is 5.96. The van der Waals surface area contributed by atoms with Gasteiger partial charge in [-0.3, -0.25) is 4.90 Å². The SMILES string of the molecule is O=C(Nc1cccc(-c2ccccc2)c1)N1CCCNc2ccc(-c3cccc(C(F)(F)F)c3)nc21. The number of nitrogens with one attached hydrogen (secondary N) is 2. The predicted octanol–water partition coefficient (Wildman–Crippen LogP) is 7.29. The van der Waals surface area contributed by atoms with Crippen LogP contribution in [-0.4, -0.2) is 24.1 Å². The Bertz CT molecular complexity index is 1390. The fourth-order valence-electron chi connectivity index (χ4n) is 4.17. The van der Waals surface area contributed by atoms with Gasteiger partial charge in [0.1, 0.15) is 0 Å². The third-order valence-corrected chi connectivity index (χ3v) is 5.96. The second-order valence-electron chi connectivity index (χ2n) is 8.46. The molecule has 182 valence electrons. The Morgan fingerprint density at radius 2 is 1.61 bits per heavy atom. The number of nitrogens with zero attached hydrogens (tertiary/aromatic N) is 2. The molecule has 1 aromatic heterocycles. The monoisotopic (exact) mass is 488 g/mol. The summed E-state index contributed by atoms with van der Waals surface area (Å²) in [5.74, 6) is 0.374. The molecule has 5 rings (SSSR count). The molecule has 3 aromatic carbocycles. The first-order valence-corrected chi connectivity index (χ1v) is 11.5. The van der Waals surface area contributed by atoms with Crippen LogP contribution in [0.1, 0.15) is 12.0 Å². The highest BCUT2D eigenvalue weighted by atomic mass is 19.4. The molecule has 0 fully saturated rings. The molecule has 0 atom stereocenters. The van der Waals surface area contributed by atoms with Crippen molar-refractivity contribution in [2.75, 3.05) is 28.6 Å². The molecule has 2 N–H and O–H groups in total. The Hall–Kier alpha value is -4.33. The first-order chi connectivity index (χ1) is 17.4. The zero-order valence-electron chi connectivity index (χ0n) is 19.2. The molecule has 4 aromatic rings. The molecule has 0 aliphatic carbocycles. The van der Waals surface area contributed by atoms with Crippen molar-refractivity contribution in [1.29, 1.82) is 0 Å². The quantitative estimate of drug-likeness (QED) is 0.318. The molecular formula is C28H23F3N4O. The summed E-state index contributed by atoms with van der Waals surface area (Å²) in [5, 5.41) is 6.20. The van der Waals surface area contributed by atoms with Crippen LogP contribution in [0.2, 0.25) is 0 Å². The Kier molecular flexibility index (Phi) is 6.33. The first kappa shape index (κ1) is 23.4. The van der Waals surface area contributed by atoms with Crippen LogP contribution < -0.4 is 15.5 Å². The summed E-state index contributed by atoms with van der Waals surface area (Å²) in [6, 6.07) is 25.5. The number of hydrogen-bond acceptors (Lipinski definition) is 3. The molecule has 0 radical (unpaired) electrons. The van der Waals surface area contributed by atoms with E-state index in [1.54, 1.807) is 18.2 Å². The molecule has 1 aliphatic heterocycles. The van der Waals surface area contributed by atoms with Crippen LogP contribution in [0.4, 0.5) is 35.2 Å². The number of anilines is 3. The number of alkyl halides is 3. The van der Waals surface area contributed by atoms with Gasteiger partial charge in [-0.2, -0.15) is 13.2 Å². The van der Waals surface area contributed by atoms with E-state index in [9.17, 15) is 18.0 Å². The average molecular weight is 489 g/mol. The van der Waals surface area contributed by atoms with E-state index in [1.165, 1.54) is 11.0 Å². The van der Waals surface area contributed by atoms with E-state index in [-0.39, 0.29) is 6.03 Å². The predicted molar refractivity (Wildman–Crippen MR) is 136 cm³/mol. The number of fused-ring (bicyclic) bond motifs is 1. The average Bonchev–Trinajstić information content (AvgIpc) is 3.11. The zero-order valence-corrected chi connectivity index (χ0v) is 19.2. The van der Waals surface area contributed by atoms with Gasteiger partial charge in [0, 0.05) is 24.3 Å². The van der Waals surface area contributed by atoms with Gasteiger partial charge in [-0.15, -0.1) is 0 Å². The van der Waals surface area contributed by atoms with Gasteiger partial charge >= 0.3 is 12.2 Å². The van der Waals surface area contributed by atoms with Crippen molar-refractivity contribution in [3.05, 3.63) is 96.6 Å². The second-order valence-corrected chi connectivity index (χ2v) is 8.46. The lowest BCUT2D eigenvalue weighted by Crippen LogP contribution is -2.36. The summed E-state index contributed by atoms with van der Waals surface area (Å²) in [5.41, 5.74) is 3.22. The molecule has 2 amide bonds. The maximum atomic E-state index is 13.4. The van der Waals surface area contributed by atoms with Crippen molar-refractivity contribution in [3.8, 4) is 22.4 Å². The summed E-state index contributed by atoms with van der Waals surface area (Å²) in [6.07, 6.45) is -3.77. The number of amides is 2. The number of carbonyl (C=O) groups excluding carboxylic acids is 1. The van der Waals surface area contributed by atoms with Crippen LogP contribution >= 0.6 is 0 Å². The molecule has 8 heteroatoms. The maximum absolute atomic E-state index is 13.4. The van der Waals surface area contributed by atoms with Crippen molar-refractivity contribution >= 4 is 23.2 Å². The lowest BCUT2D eigenvalue weighted by atomic mass is 10.1. The van der Waals surface area contributed by atoms with Gasteiger partial charge in [-0.1, -0.05) is 54.6 Å². The summed E-state index contributed by atoms with van der Waals surface area (Å²) < 4.78 is 39.7. The number of hydrogen-bond donors (Lipinski definition) is 2. The lowest BCUT2D eigenvalue weighted by Gasteiger charge is -2.22. The number of carbonyl (C=O) groups is 1. The number of urea groups is 1. The molecule has 0 bridgehead atoms. The number of pyridine rings is 1. The number of rotatable bonds is 3. The highest BCUT2D eigenvalue weighted by Gasteiger charge is 2.31. The first-order valence-electron chi connectivity index (χ1n) is 11.5. The molecular weight excluding hydrogens is 465 g/mol. The Balaban J connectivity index is 1.44. The maximum Gasteiger partial charge on any atom is 0.416 e. The summed E-state index contributed by atoms with van der Waals surface area (Å²) in [6.45, 7) is 1.05. The zero-order chi connectivity index (χ0) is 25.1. The normalized spacial score (nSPS) is 13.4. The Morgan fingerprint density at radius 1 is 0.861 bits per heavy atom. The van der Waals surface area contributed by atoms with Crippen molar-refractivity contribution in [3.63, 3.8) is 0 Å². The van der Waals surface area contributed by atoms with E-state index in [4.69, 9.17) is 0 Å². The molecule has 2 heterocycles. The van der Waals surface area contributed by atoms with E-state index in [0.717, 1.165) is 23.3 Å². The van der Waals surface area contributed by atoms with Gasteiger partial charge < -0.3 is 10.6 Å². The van der Waals surface area contributed by atoms with Crippen LogP contribution in [0.15, 0.2) is 91.0 Å². The summed E-state index contributed by atoms with van der Waals surface area (Å²) >= 11 is 0. The van der Waals surface area contributed by atoms with E-state index < -0.39 is 11.7 Å². The van der Waals surface area contributed by atoms with E-state index in [1.807, 2.05) is 54.6 Å². The van der Waals surface area contributed by atoms with E-state index in [2.05, 4.69) is 15.6 Å². The van der Waals surface area contributed by atoms with Gasteiger partial charge in [0.25, 0.3) is 0 Å². The van der Waals surface area contributed by atoms with Gasteiger partial charge in [-0.05, 0) is 53.9 Å². The van der Waals surface area contributed by atoms with E-state index in [0.29, 0.717) is 48.0 Å². The second kappa shape index (κ2) is 9.73. The fourth-order valence-corrected chi connectivity index (χ4v) is 4.17. The largest absolute Gasteiger partial charge is 0.416 e. The van der Waals surface area contributed by atoms with Gasteiger partial charge in [0.2, 0.25) is 0 Å². The molecule has 0 unspecified atom stereocenters. The standard InChI is InChI=1S/C28H23F3N4O/c29-28(30,31)22-11-4-10-21(17-22)24-13-14-25-26(34-24)35(16-6-15-32-25)27(36)33-23-12-5-9-20(18-23)19-7-2-1-3-8-19/h1-5,7-14,17-18,32H,6,15-16H2,(H,33,36). The lowest BCUT2D eigenvalue weighted by molar-refractivity contribution is -0.137. The number of halogens is 3. The van der Waals surface area contributed by atoms with Gasteiger partial charge in [0.05, 0.1) is 16.9 Å². The van der Waals surface area contributed by atoms with Crippen LogP contribution in [0.25, 0.3) is 22.4 Å². The minimum atomic E-state index is -4.45. The number of aromatic nitrogens is 1. The Labute approximate surface area is 206 Å². The van der Waals surface area contributed by atoms with Crippen LogP contribution in [0.5, 0.6) is 0 Å². The summed E-state index contributed by atoms with van der Waals surface area (Å²) in [4.78, 5) is 19.5. The van der Waals surface area contributed by atoms with Crippen molar-refractivity contribution in [2.45, 2.75) is 12.6 Å². The minimum Gasteiger partial charge on any atom is -0.382 e. The van der Waals surface area contributed by atoms with Crippen LogP contribution in [0.3, 0.4) is 0 Å². The minimum absolute atomic E-state index is 0.327. The van der Waals surface area contributed by atoms with Crippen molar-refractivity contribution < 1.29 is 18.0 Å². The smallest absolute Gasteiger partial charge is 0.382 e. The van der Waals surface area contributed by atoms with Crippen LogP contribution in [0, 0.1) is 0 Å². The summed E-state index contributed by atoms with van der Waals surface area (Å²) in [7, 11) is 0. The topological polar surface area (TPSA) is 57.3 Å². The molecule has 0 saturated carbocycles. The highest BCUT2D eigenvalue weighted by molar-refractivity contribution is 6.03. The molecule has 0 spiro atoms. The third kappa shape index (κ3) is 5.02. The molecule has 36 heavy (non-hydrogen) atoms. The number of benzene rings is 3. The molecule has 1 aliphatic rings. The van der Waals surface area contributed by atoms with Crippen molar-refractivity contribution in [2.24, 2.45) is 0 Å². The van der Waals surface area contributed by atoms with Crippen molar-refractivity contribution in [1.82, 2.24) is 4.98 Å².